The molecule has 1 heterocycles. The summed E-state index contributed by atoms with van der Waals surface area (Å²) in [6.07, 6.45) is 2.62. The summed E-state index contributed by atoms with van der Waals surface area (Å²) in [6, 6.07) is 15.8. The first-order valence-corrected chi connectivity index (χ1v) is 8.67. The van der Waals surface area contributed by atoms with Crippen LogP contribution in [0.15, 0.2) is 48.5 Å². The Balaban J connectivity index is 1.63. The summed E-state index contributed by atoms with van der Waals surface area (Å²) in [4.78, 5) is 14.7. The van der Waals surface area contributed by atoms with E-state index in [9.17, 15) is 4.79 Å². The summed E-state index contributed by atoms with van der Waals surface area (Å²) in [7, 11) is 0. The van der Waals surface area contributed by atoms with Crippen molar-refractivity contribution < 1.29 is 4.79 Å². The molecule has 0 radical (unpaired) electrons. The van der Waals surface area contributed by atoms with Crippen LogP contribution in [-0.4, -0.2) is 23.9 Å². The molecule has 3 nitrogen and oxygen atoms in total. The maximum atomic E-state index is 12.3. The third kappa shape index (κ3) is 3.87. The van der Waals surface area contributed by atoms with Gasteiger partial charge in [0.25, 0.3) is 5.91 Å². The molecule has 4 heteroatoms. The molecule has 22 heavy (non-hydrogen) atoms. The molecule has 0 spiro atoms. The van der Waals surface area contributed by atoms with Crippen LogP contribution in [0.4, 0.5) is 5.69 Å². The number of hydrogen-bond acceptors (Lipinski definition) is 2. The topological polar surface area (TPSA) is 32.3 Å². The molecular formula is C18H19IN2O. The van der Waals surface area contributed by atoms with Crippen molar-refractivity contribution in [3.05, 3.63) is 63.2 Å². The zero-order valence-electron chi connectivity index (χ0n) is 12.4. The minimum Gasteiger partial charge on any atom is -0.322 e. The fourth-order valence-electron chi connectivity index (χ4n) is 2.74. The summed E-state index contributed by atoms with van der Waals surface area (Å²) in [6.45, 7) is 3.40. The minimum absolute atomic E-state index is 0.0581. The van der Waals surface area contributed by atoms with Gasteiger partial charge in [-0.2, -0.15) is 0 Å². The lowest BCUT2D eigenvalue weighted by atomic mass is 10.1. The second-order valence-electron chi connectivity index (χ2n) is 5.61. The maximum absolute atomic E-state index is 12.3. The van der Waals surface area contributed by atoms with E-state index in [2.05, 4.69) is 44.9 Å². The third-order valence-corrected chi connectivity index (χ3v) is 4.88. The van der Waals surface area contributed by atoms with Crippen molar-refractivity contribution in [3.8, 4) is 0 Å². The van der Waals surface area contributed by atoms with E-state index in [4.69, 9.17) is 0 Å². The van der Waals surface area contributed by atoms with Crippen LogP contribution in [0.2, 0.25) is 0 Å². The molecule has 0 bridgehead atoms. The highest BCUT2D eigenvalue weighted by Crippen LogP contribution is 2.17. The maximum Gasteiger partial charge on any atom is 0.256 e. The van der Waals surface area contributed by atoms with Crippen LogP contribution in [0.25, 0.3) is 0 Å². The van der Waals surface area contributed by atoms with Gasteiger partial charge in [-0.15, -0.1) is 0 Å². The first-order chi connectivity index (χ1) is 10.7. The lowest BCUT2D eigenvalue weighted by Gasteiger charge is -2.15. The summed E-state index contributed by atoms with van der Waals surface area (Å²) in [5, 5.41) is 2.96. The number of nitrogens with one attached hydrogen (secondary N) is 1. The van der Waals surface area contributed by atoms with Gasteiger partial charge in [0, 0.05) is 15.8 Å². The first kappa shape index (κ1) is 15.5. The quantitative estimate of drug-likeness (QED) is 0.775. The Hall–Kier alpha value is -1.40. The predicted octanol–water partition coefficient (Wildman–Crippen LogP) is 4.14. The molecule has 1 fully saturated rings. The van der Waals surface area contributed by atoms with Gasteiger partial charge in [-0.25, -0.2) is 0 Å². The summed E-state index contributed by atoms with van der Waals surface area (Å²) < 4.78 is 0.961. The van der Waals surface area contributed by atoms with E-state index in [-0.39, 0.29) is 5.91 Å². The average molecular weight is 406 g/mol. The molecule has 2 aromatic rings. The zero-order valence-corrected chi connectivity index (χ0v) is 14.5. The number of carbonyl (C=O) groups is 1. The number of likely N-dealkylation sites (tertiary alicyclic amines) is 1. The van der Waals surface area contributed by atoms with Crippen molar-refractivity contribution in [3.63, 3.8) is 0 Å². The number of hydrogen-bond donors (Lipinski definition) is 1. The van der Waals surface area contributed by atoms with Gasteiger partial charge in [-0.3, -0.25) is 9.69 Å². The molecule has 0 unspecified atom stereocenters. The molecule has 1 saturated heterocycles. The van der Waals surface area contributed by atoms with E-state index in [0.717, 1.165) is 15.8 Å². The van der Waals surface area contributed by atoms with Crippen molar-refractivity contribution in [2.24, 2.45) is 0 Å². The van der Waals surface area contributed by atoms with Gasteiger partial charge in [0.1, 0.15) is 0 Å². The molecule has 2 aromatic carbocycles. The Bertz CT molecular complexity index is 648. The van der Waals surface area contributed by atoms with Gasteiger partial charge in [0.2, 0.25) is 0 Å². The first-order valence-electron chi connectivity index (χ1n) is 7.59. The van der Waals surface area contributed by atoms with Gasteiger partial charge in [-0.05, 0) is 78.4 Å². The molecule has 1 aliphatic rings. The molecule has 1 aliphatic heterocycles. The van der Waals surface area contributed by atoms with E-state index in [1.54, 1.807) is 0 Å². The molecule has 0 saturated carbocycles. The van der Waals surface area contributed by atoms with E-state index < -0.39 is 0 Å². The summed E-state index contributed by atoms with van der Waals surface area (Å²) >= 11 is 2.18. The summed E-state index contributed by atoms with van der Waals surface area (Å²) in [5.74, 6) is -0.0581. The minimum atomic E-state index is -0.0581. The van der Waals surface area contributed by atoms with Crippen LogP contribution < -0.4 is 5.32 Å². The third-order valence-electron chi connectivity index (χ3n) is 3.94. The fraction of sp³-hybridized carbons (Fsp3) is 0.278. The number of nitrogens with zero attached hydrogens (tertiary/aromatic N) is 1. The lowest BCUT2D eigenvalue weighted by Crippen LogP contribution is -2.18. The SMILES string of the molecule is O=C(Nc1ccc(CN2CCCC2)cc1)c1ccccc1I. The highest BCUT2D eigenvalue weighted by Gasteiger charge is 2.12. The van der Waals surface area contributed by atoms with Crippen LogP contribution >= 0.6 is 22.6 Å². The number of anilines is 1. The molecule has 0 atom stereocenters. The Morgan fingerprint density at radius 2 is 1.73 bits per heavy atom. The van der Waals surface area contributed by atoms with Gasteiger partial charge in [0.15, 0.2) is 0 Å². The molecule has 114 valence electrons. The normalized spacial score (nSPS) is 15.0. The summed E-state index contributed by atoms with van der Waals surface area (Å²) in [5.41, 5.74) is 2.85. The molecule has 0 aromatic heterocycles. The van der Waals surface area contributed by atoms with Crippen molar-refractivity contribution >= 4 is 34.2 Å². The van der Waals surface area contributed by atoms with E-state index in [1.165, 1.54) is 31.5 Å². The Morgan fingerprint density at radius 3 is 2.41 bits per heavy atom. The lowest BCUT2D eigenvalue weighted by molar-refractivity contribution is 0.102. The Labute approximate surface area is 144 Å². The van der Waals surface area contributed by atoms with E-state index >= 15 is 0 Å². The Morgan fingerprint density at radius 1 is 1.05 bits per heavy atom. The molecular weight excluding hydrogens is 387 g/mol. The number of carbonyl (C=O) groups excluding carboxylic acids is 1. The van der Waals surface area contributed by atoms with Gasteiger partial charge >= 0.3 is 0 Å². The number of rotatable bonds is 4. The molecule has 1 amide bonds. The second-order valence-corrected chi connectivity index (χ2v) is 6.78. The Kier molecular flexibility index (Phi) is 5.10. The smallest absolute Gasteiger partial charge is 0.256 e. The second kappa shape index (κ2) is 7.24. The van der Waals surface area contributed by atoms with Crippen molar-refractivity contribution in [1.82, 2.24) is 4.90 Å². The van der Waals surface area contributed by atoms with Crippen LogP contribution in [0, 0.1) is 3.57 Å². The largest absolute Gasteiger partial charge is 0.322 e. The van der Waals surface area contributed by atoms with Crippen LogP contribution in [-0.2, 0) is 6.54 Å². The van der Waals surface area contributed by atoms with Crippen LogP contribution in [0.5, 0.6) is 0 Å². The predicted molar refractivity (Wildman–Crippen MR) is 98.1 cm³/mol. The molecule has 0 aliphatic carbocycles. The monoisotopic (exact) mass is 406 g/mol. The molecule has 3 rings (SSSR count). The van der Waals surface area contributed by atoms with Gasteiger partial charge < -0.3 is 5.32 Å². The fourth-order valence-corrected chi connectivity index (χ4v) is 3.37. The molecule has 1 N–H and O–H groups in total. The highest BCUT2D eigenvalue weighted by atomic mass is 127. The van der Waals surface area contributed by atoms with Crippen LogP contribution in [0.1, 0.15) is 28.8 Å². The number of amides is 1. The zero-order chi connectivity index (χ0) is 15.4. The van der Waals surface area contributed by atoms with Crippen molar-refractivity contribution in [2.75, 3.05) is 18.4 Å². The standard InChI is InChI=1S/C18H19IN2O/c19-17-6-2-1-5-16(17)18(22)20-15-9-7-14(8-10-15)13-21-11-3-4-12-21/h1-2,5-10H,3-4,11-13H2,(H,20,22). The average Bonchev–Trinajstić information content (AvgIpc) is 3.02. The van der Waals surface area contributed by atoms with Crippen LogP contribution in [0.3, 0.4) is 0 Å². The number of halogens is 1. The number of benzene rings is 2. The van der Waals surface area contributed by atoms with E-state index in [0.29, 0.717) is 5.56 Å². The van der Waals surface area contributed by atoms with Crippen molar-refractivity contribution in [1.29, 1.82) is 0 Å². The van der Waals surface area contributed by atoms with E-state index in [1.807, 2.05) is 36.4 Å². The van der Waals surface area contributed by atoms with Gasteiger partial charge in [0.05, 0.1) is 5.56 Å². The van der Waals surface area contributed by atoms with Gasteiger partial charge in [-0.1, -0.05) is 24.3 Å². The highest BCUT2D eigenvalue weighted by molar-refractivity contribution is 14.1. The van der Waals surface area contributed by atoms with Crippen molar-refractivity contribution in [2.45, 2.75) is 19.4 Å².